The molecule has 118 valence electrons. The highest BCUT2D eigenvalue weighted by atomic mass is 35.5. The van der Waals surface area contributed by atoms with Crippen LogP contribution in [0.1, 0.15) is 17.3 Å². The van der Waals surface area contributed by atoms with Gasteiger partial charge in [-0.3, -0.25) is 0 Å². The second-order valence-electron chi connectivity index (χ2n) is 4.60. The zero-order valence-electron chi connectivity index (χ0n) is 11.2. The number of nitrogens with one attached hydrogen (secondary N) is 1. The Kier molecular flexibility index (Phi) is 5.37. The monoisotopic (exact) mass is 355 g/mol. The Morgan fingerprint density at radius 2 is 1.86 bits per heavy atom. The summed E-state index contributed by atoms with van der Waals surface area (Å²) in [5, 5.41) is 8.83. The van der Waals surface area contributed by atoms with E-state index in [2.05, 4.69) is 4.72 Å². The molecule has 1 aromatic rings. The van der Waals surface area contributed by atoms with E-state index >= 15 is 0 Å². The standard InChI is InChI=1S/C11H14ClNO6S2/c1-7(6-20(2,16)17)13-21(18,19)10-4-8(11(14)15)3-9(12)5-10/h3-5,7,13H,6H2,1-2H3,(H,14,15). The number of hydrogen-bond donors (Lipinski definition) is 2. The summed E-state index contributed by atoms with van der Waals surface area (Å²) in [5.41, 5.74) is -0.279. The maximum Gasteiger partial charge on any atom is 0.335 e. The summed E-state index contributed by atoms with van der Waals surface area (Å²) in [7, 11) is -7.43. The van der Waals surface area contributed by atoms with Crippen molar-refractivity contribution in [3.63, 3.8) is 0 Å². The Bertz CT molecular complexity index is 757. The highest BCUT2D eigenvalue weighted by Gasteiger charge is 2.22. The second kappa shape index (κ2) is 6.30. The van der Waals surface area contributed by atoms with Gasteiger partial charge in [-0.15, -0.1) is 0 Å². The lowest BCUT2D eigenvalue weighted by molar-refractivity contribution is 0.0696. The molecule has 0 heterocycles. The van der Waals surface area contributed by atoms with E-state index in [0.29, 0.717) is 0 Å². The Morgan fingerprint density at radius 1 is 1.29 bits per heavy atom. The Labute approximate surface area is 127 Å². The predicted molar refractivity (Wildman–Crippen MR) is 77.9 cm³/mol. The molecule has 0 saturated heterocycles. The molecule has 0 saturated carbocycles. The van der Waals surface area contributed by atoms with Gasteiger partial charge in [-0.1, -0.05) is 11.6 Å². The molecule has 10 heteroatoms. The summed E-state index contributed by atoms with van der Waals surface area (Å²) in [4.78, 5) is 10.5. The molecule has 21 heavy (non-hydrogen) atoms. The first kappa shape index (κ1) is 17.9. The summed E-state index contributed by atoms with van der Waals surface area (Å²) in [6.45, 7) is 1.39. The molecular formula is C11H14ClNO6S2. The lowest BCUT2D eigenvalue weighted by atomic mass is 10.2. The van der Waals surface area contributed by atoms with Crippen LogP contribution in [0.5, 0.6) is 0 Å². The maximum atomic E-state index is 12.1. The van der Waals surface area contributed by atoms with Crippen molar-refractivity contribution in [2.24, 2.45) is 0 Å². The third kappa shape index (κ3) is 5.62. The molecule has 0 aliphatic carbocycles. The minimum atomic E-state index is -4.07. The van der Waals surface area contributed by atoms with Crippen molar-refractivity contribution in [1.29, 1.82) is 0 Å². The first-order valence-electron chi connectivity index (χ1n) is 5.64. The van der Waals surface area contributed by atoms with E-state index in [9.17, 15) is 21.6 Å². The molecule has 0 radical (unpaired) electrons. The SMILES string of the molecule is CC(CS(C)(=O)=O)NS(=O)(=O)c1cc(Cl)cc(C(=O)O)c1. The van der Waals surface area contributed by atoms with Crippen LogP contribution in [0.25, 0.3) is 0 Å². The van der Waals surface area contributed by atoms with Gasteiger partial charge in [0.15, 0.2) is 0 Å². The second-order valence-corrected chi connectivity index (χ2v) is 8.93. The van der Waals surface area contributed by atoms with Crippen molar-refractivity contribution < 1.29 is 26.7 Å². The lowest BCUT2D eigenvalue weighted by Crippen LogP contribution is -2.37. The van der Waals surface area contributed by atoms with Gasteiger partial charge in [-0.05, 0) is 25.1 Å². The zero-order valence-corrected chi connectivity index (χ0v) is 13.6. The number of sulfonamides is 1. The first-order chi connectivity index (χ1) is 9.40. The number of carboxylic acid groups (broad SMARTS) is 1. The predicted octanol–water partition coefficient (Wildman–Crippen LogP) is 0.750. The van der Waals surface area contributed by atoms with E-state index in [0.717, 1.165) is 24.5 Å². The number of rotatable bonds is 6. The zero-order chi connectivity index (χ0) is 16.4. The van der Waals surface area contributed by atoms with Crippen LogP contribution in [-0.2, 0) is 19.9 Å². The third-order valence-electron chi connectivity index (χ3n) is 2.34. The molecule has 0 fully saturated rings. The number of aromatic carboxylic acids is 1. The van der Waals surface area contributed by atoms with E-state index < -0.39 is 31.9 Å². The summed E-state index contributed by atoms with van der Waals surface area (Å²) in [6, 6.07) is 2.29. The van der Waals surface area contributed by atoms with Crippen molar-refractivity contribution in [2.45, 2.75) is 17.9 Å². The average Bonchev–Trinajstić information content (AvgIpc) is 2.24. The van der Waals surface area contributed by atoms with Crippen molar-refractivity contribution in [2.75, 3.05) is 12.0 Å². The topological polar surface area (TPSA) is 118 Å². The fraction of sp³-hybridized carbons (Fsp3) is 0.364. The number of carbonyl (C=O) groups is 1. The molecule has 7 nitrogen and oxygen atoms in total. The van der Waals surface area contributed by atoms with Crippen molar-refractivity contribution in [1.82, 2.24) is 4.72 Å². The van der Waals surface area contributed by atoms with Gasteiger partial charge in [0.25, 0.3) is 0 Å². The molecule has 2 N–H and O–H groups in total. The van der Waals surface area contributed by atoms with Gasteiger partial charge in [0, 0.05) is 17.3 Å². The lowest BCUT2D eigenvalue weighted by Gasteiger charge is -2.13. The Morgan fingerprint density at radius 3 is 2.33 bits per heavy atom. The number of hydrogen-bond acceptors (Lipinski definition) is 5. The van der Waals surface area contributed by atoms with Gasteiger partial charge >= 0.3 is 5.97 Å². The largest absolute Gasteiger partial charge is 0.478 e. The Hall–Kier alpha value is -1.16. The molecule has 1 rings (SSSR count). The van der Waals surface area contributed by atoms with E-state index in [1.54, 1.807) is 0 Å². The summed E-state index contributed by atoms with van der Waals surface area (Å²) in [6.07, 6.45) is 0.986. The number of benzene rings is 1. The van der Waals surface area contributed by atoms with Crippen LogP contribution >= 0.6 is 11.6 Å². The average molecular weight is 356 g/mol. The highest BCUT2D eigenvalue weighted by molar-refractivity contribution is 7.91. The minimum absolute atomic E-state index is 0.0500. The summed E-state index contributed by atoms with van der Waals surface area (Å²) < 4.78 is 48.6. The van der Waals surface area contributed by atoms with E-state index in [4.69, 9.17) is 16.7 Å². The molecule has 1 aromatic carbocycles. The number of halogens is 1. The van der Waals surface area contributed by atoms with Crippen molar-refractivity contribution in [3.8, 4) is 0 Å². The molecule has 1 atom stereocenters. The van der Waals surface area contributed by atoms with Gasteiger partial charge in [-0.2, -0.15) is 0 Å². The number of carboxylic acids is 1. The summed E-state index contributed by atoms with van der Waals surface area (Å²) in [5.74, 6) is -1.70. The fourth-order valence-corrected chi connectivity index (χ4v) is 4.37. The van der Waals surface area contributed by atoms with E-state index in [1.165, 1.54) is 6.92 Å². The molecule has 0 aromatic heterocycles. The van der Waals surface area contributed by atoms with Crippen LogP contribution in [0.2, 0.25) is 5.02 Å². The quantitative estimate of drug-likeness (QED) is 0.777. The third-order valence-corrected chi connectivity index (χ3v) is 5.23. The van der Waals surface area contributed by atoms with Gasteiger partial charge in [0.1, 0.15) is 9.84 Å². The summed E-state index contributed by atoms with van der Waals surface area (Å²) >= 11 is 5.69. The normalized spacial score (nSPS) is 13.9. The molecular weight excluding hydrogens is 342 g/mol. The molecule has 1 unspecified atom stereocenters. The molecule has 0 aliphatic heterocycles. The van der Waals surface area contributed by atoms with E-state index in [1.807, 2.05) is 0 Å². The maximum absolute atomic E-state index is 12.1. The van der Waals surface area contributed by atoms with Gasteiger partial charge < -0.3 is 5.11 Å². The van der Waals surface area contributed by atoms with Crippen LogP contribution < -0.4 is 4.72 Å². The smallest absolute Gasteiger partial charge is 0.335 e. The molecule has 0 amide bonds. The first-order valence-corrected chi connectivity index (χ1v) is 9.57. The van der Waals surface area contributed by atoms with Gasteiger partial charge in [0.05, 0.1) is 16.2 Å². The van der Waals surface area contributed by atoms with Crippen molar-refractivity contribution >= 4 is 37.4 Å². The van der Waals surface area contributed by atoms with E-state index in [-0.39, 0.29) is 21.2 Å². The highest BCUT2D eigenvalue weighted by Crippen LogP contribution is 2.19. The van der Waals surface area contributed by atoms with Crippen molar-refractivity contribution in [3.05, 3.63) is 28.8 Å². The van der Waals surface area contributed by atoms with Gasteiger partial charge in [0.2, 0.25) is 10.0 Å². The minimum Gasteiger partial charge on any atom is -0.478 e. The number of sulfone groups is 1. The molecule has 0 spiro atoms. The van der Waals surface area contributed by atoms with Crippen LogP contribution in [0.3, 0.4) is 0 Å². The van der Waals surface area contributed by atoms with Crippen LogP contribution in [-0.4, -0.2) is 46.0 Å². The Balaban J connectivity index is 3.11. The fourth-order valence-electron chi connectivity index (χ4n) is 1.66. The molecule has 0 bridgehead atoms. The van der Waals surface area contributed by atoms with Gasteiger partial charge in [-0.25, -0.2) is 26.4 Å². The van der Waals surface area contributed by atoms with Crippen LogP contribution in [0.4, 0.5) is 0 Å². The molecule has 0 aliphatic rings. The van der Waals surface area contributed by atoms with Crippen LogP contribution in [0, 0.1) is 0 Å². The van der Waals surface area contributed by atoms with Crippen LogP contribution in [0.15, 0.2) is 23.1 Å².